The summed E-state index contributed by atoms with van der Waals surface area (Å²) in [5, 5.41) is 36.5. The third-order valence-corrected chi connectivity index (χ3v) is 10.3. The average Bonchev–Trinajstić information content (AvgIpc) is 3.61. The molecule has 0 radical (unpaired) electrons. The number of halogens is 1. The fourth-order valence-electron chi connectivity index (χ4n) is 5.50. The number of carbonyl (C=O) groups is 4. The normalized spacial score (nSPS) is 16.9. The number of esters is 1. The van der Waals surface area contributed by atoms with Crippen LogP contribution in [0.1, 0.15) is 22.9 Å². The maximum Gasteiger partial charge on any atom is 0.355 e. The number of carbonyl (C=O) groups excluding carboxylic acids is 3. The van der Waals surface area contributed by atoms with Crippen molar-refractivity contribution >= 4 is 69.3 Å². The number of nitrogens with zero attached hydrogens (tertiary/aromatic N) is 5. The topological polar surface area (TPSA) is 292 Å². The number of methoxy groups -OCH3 is 1. The van der Waals surface area contributed by atoms with Gasteiger partial charge in [-0.1, -0.05) is 40.5 Å². The maximum atomic E-state index is 13.8. The van der Waals surface area contributed by atoms with Crippen LogP contribution in [0.5, 0.6) is 17.2 Å². The summed E-state index contributed by atoms with van der Waals surface area (Å²) in [5.74, 6) is -3.55. The highest BCUT2D eigenvalue weighted by Gasteiger charge is 2.54. The van der Waals surface area contributed by atoms with Crippen molar-refractivity contribution in [3.05, 3.63) is 100 Å². The molecule has 1 fully saturated rings. The van der Waals surface area contributed by atoms with E-state index in [1.165, 1.54) is 47.6 Å². The van der Waals surface area contributed by atoms with E-state index in [0.29, 0.717) is 22.7 Å². The van der Waals surface area contributed by atoms with Crippen molar-refractivity contribution in [2.45, 2.75) is 30.7 Å². The summed E-state index contributed by atoms with van der Waals surface area (Å²) in [6, 6.07) is 10.4. The van der Waals surface area contributed by atoms with Gasteiger partial charge < -0.3 is 64.6 Å². The Morgan fingerprint density at radius 1 is 1.12 bits per heavy atom. The Bertz CT molecular complexity index is 2290. The predicted octanol–water partition coefficient (Wildman–Crippen LogP) is -1.80. The van der Waals surface area contributed by atoms with Crippen LogP contribution in [0, 0.1) is 0 Å². The van der Waals surface area contributed by atoms with Gasteiger partial charge in [-0.15, -0.1) is 23.1 Å². The molecule has 2 aromatic carbocycles. The summed E-state index contributed by atoms with van der Waals surface area (Å²) in [7, 11) is 1.53. The fraction of sp³-hybridized carbons (Fsp3) is 0.200. The molecule has 0 bridgehead atoms. The monoisotopic (exact) mass is 839 g/mol. The number of hydrogen-bond acceptors (Lipinski definition) is 17. The number of hydrogen-bond donors (Lipinski definition) is 7. The number of rotatable bonds is 14. The molecule has 3 atom stereocenters. The van der Waals surface area contributed by atoms with E-state index in [0.717, 1.165) is 23.5 Å². The van der Waals surface area contributed by atoms with Crippen molar-refractivity contribution in [1.82, 2.24) is 20.2 Å². The predicted molar refractivity (Wildman–Crippen MR) is 202 cm³/mol. The van der Waals surface area contributed by atoms with Gasteiger partial charge in [0.25, 0.3) is 11.8 Å². The van der Waals surface area contributed by atoms with E-state index >= 15 is 0 Å². The maximum absolute atomic E-state index is 13.8. The SMILES string of the molecule is COc1ccc(COC(=O)C2=C(/C=C/C[n+]3cnc(N)cc3N)CS[C@@H]3[C@H](NC(=O)/C(=N\OC(C(=O)O)c4ccc(O)c(O)c4)c4csc(N)n4)C(=O)N23)cc1.[Cl-]. The summed E-state index contributed by atoms with van der Waals surface area (Å²) >= 11 is 2.24. The lowest BCUT2D eigenvalue weighted by atomic mass is 10.0. The molecule has 6 rings (SSSR count). The first-order valence-electron chi connectivity index (χ1n) is 16.4. The van der Waals surface area contributed by atoms with Crippen LogP contribution < -0.4 is 44.2 Å². The number of benzene rings is 2. The number of nitrogens with two attached hydrogens (primary N) is 3. The lowest BCUT2D eigenvalue weighted by Gasteiger charge is -2.49. The number of anilines is 3. The number of nitrogens with one attached hydrogen (secondary N) is 1. The molecule has 22 heteroatoms. The Balaban J connectivity index is 0.00000620. The number of allylic oxidation sites excluding steroid dienone is 2. The van der Waals surface area contributed by atoms with E-state index in [2.05, 4.69) is 20.4 Å². The van der Waals surface area contributed by atoms with Crippen LogP contribution >= 0.6 is 23.1 Å². The quantitative estimate of drug-likeness (QED) is 0.0184. The number of fused-ring (bicyclic) bond motifs is 1. The molecule has 4 aromatic rings. The second-order valence-electron chi connectivity index (χ2n) is 12.0. The molecule has 0 spiro atoms. The number of aromatic nitrogens is 3. The van der Waals surface area contributed by atoms with Gasteiger partial charge in [0.1, 0.15) is 35.2 Å². The molecule has 0 aliphatic carbocycles. The molecule has 1 saturated heterocycles. The molecule has 0 saturated carbocycles. The van der Waals surface area contributed by atoms with Crippen molar-refractivity contribution in [1.29, 1.82) is 0 Å². The Kier molecular flexibility index (Phi) is 13.1. The molecule has 4 heterocycles. The van der Waals surface area contributed by atoms with E-state index in [-0.39, 0.29) is 59.2 Å². The summed E-state index contributed by atoms with van der Waals surface area (Å²) in [6.07, 6.45) is 3.05. The first-order valence-corrected chi connectivity index (χ1v) is 18.3. The molecule has 2 amide bonds. The average molecular weight is 840 g/mol. The molecule has 10 N–H and O–H groups in total. The Morgan fingerprint density at radius 2 is 1.88 bits per heavy atom. The van der Waals surface area contributed by atoms with Crippen molar-refractivity contribution in [2.75, 3.05) is 30.1 Å². The lowest BCUT2D eigenvalue weighted by Crippen LogP contribution is -3.00. The van der Waals surface area contributed by atoms with E-state index in [4.69, 9.17) is 31.5 Å². The van der Waals surface area contributed by atoms with Gasteiger partial charge in [0.15, 0.2) is 22.3 Å². The van der Waals surface area contributed by atoms with Gasteiger partial charge in [-0.25, -0.2) is 19.1 Å². The summed E-state index contributed by atoms with van der Waals surface area (Å²) in [5.41, 5.74) is 18.0. The van der Waals surface area contributed by atoms with Crippen LogP contribution in [0.4, 0.5) is 16.8 Å². The number of thiazole rings is 1. The molecule has 2 aliphatic heterocycles. The fourth-order valence-corrected chi connectivity index (χ4v) is 7.37. The van der Waals surface area contributed by atoms with E-state index in [9.17, 15) is 34.5 Å². The summed E-state index contributed by atoms with van der Waals surface area (Å²) in [4.78, 5) is 68.0. The number of amides is 2. The molecule has 2 aromatic heterocycles. The second-order valence-corrected chi connectivity index (χ2v) is 14.0. The van der Waals surface area contributed by atoms with Crippen LogP contribution in [-0.2, 0) is 41.9 Å². The molecule has 19 nitrogen and oxygen atoms in total. The highest BCUT2D eigenvalue weighted by atomic mass is 35.5. The molecular weight excluding hydrogens is 806 g/mol. The molecule has 1 unspecified atom stereocenters. The molecule has 57 heavy (non-hydrogen) atoms. The Hall–Kier alpha value is -6.58. The zero-order chi connectivity index (χ0) is 40.1. The minimum absolute atomic E-state index is 0. The van der Waals surface area contributed by atoms with Gasteiger partial charge in [-0.3, -0.25) is 14.5 Å². The number of phenolic OH excluding ortho intramolecular Hbond substituents is 2. The molecule has 298 valence electrons. The van der Waals surface area contributed by atoms with Gasteiger partial charge >= 0.3 is 11.9 Å². The van der Waals surface area contributed by atoms with Crippen molar-refractivity contribution in [2.24, 2.45) is 5.16 Å². The van der Waals surface area contributed by atoms with Crippen molar-refractivity contribution in [3.8, 4) is 17.2 Å². The van der Waals surface area contributed by atoms with Crippen molar-refractivity contribution < 1.29 is 65.8 Å². The van der Waals surface area contributed by atoms with Gasteiger partial charge in [0.05, 0.1) is 19.7 Å². The van der Waals surface area contributed by atoms with Gasteiger partial charge in [-0.2, -0.15) is 0 Å². The Morgan fingerprint density at radius 3 is 2.53 bits per heavy atom. The van der Waals surface area contributed by atoms with Gasteiger partial charge in [-0.05, 0) is 35.4 Å². The van der Waals surface area contributed by atoms with E-state index in [1.54, 1.807) is 41.0 Å². The van der Waals surface area contributed by atoms with Crippen LogP contribution in [0.15, 0.2) is 88.8 Å². The van der Waals surface area contributed by atoms with Crippen LogP contribution in [0.25, 0.3) is 0 Å². The van der Waals surface area contributed by atoms with Crippen LogP contribution in [0.3, 0.4) is 0 Å². The van der Waals surface area contributed by atoms with E-state index < -0.39 is 58.5 Å². The molecule has 2 aliphatic rings. The number of aliphatic carboxylic acids is 1. The number of thioether (sulfide) groups is 1. The minimum atomic E-state index is -1.83. The zero-order valence-corrected chi connectivity index (χ0v) is 32.0. The number of oxime groups is 1. The van der Waals surface area contributed by atoms with Gasteiger partial charge in [0.2, 0.25) is 24.1 Å². The smallest absolute Gasteiger partial charge is 0.355 e. The number of β-lactam (4-membered cyclic amide) rings is 1. The minimum Gasteiger partial charge on any atom is -1.00 e. The first kappa shape index (κ1) is 41.6. The number of carboxylic acid groups (broad SMARTS) is 1. The third kappa shape index (κ3) is 9.28. The Labute approximate surface area is 337 Å². The van der Waals surface area contributed by atoms with E-state index in [1.807, 2.05) is 0 Å². The number of ether oxygens (including phenoxy) is 2. The lowest BCUT2D eigenvalue weighted by molar-refractivity contribution is -0.675. The largest absolute Gasteiger partial charge is 1.00 e. The number of phenols is 2. The number of carboxylic acids is 1. The van der Waals surface area contributed by atoms with Gasteiger partial charge in [0, 0.05) is 16.7 Å². The second kappa shape index (κ2) is 17.9. The van der Waals surface area contributed by atoms with Crippen molar-refractivity contribution in [3.63, 3.8) is 0 Å². The number of nitrogen functional groups attached to an aromatic ring is 3. The van der Waals surface area contributed by atoms with Crippen LogP contribution in [0.2, 0.25) is 0 Å². The zero-order valence-electron chi connectivity index (χ0n) is 29.6. The third-order valence-electron chi connectivity index (χ3n) is 8.36. The van der Waals surface area contributed by atoms with Crippen LogP contribution in [-0.4, -0.2) is 83.9 Å². The summed E-state index contributed by atoms with van der Waals surface area (Å²) in [6.45, 7) is 0.157. The highest BCUT2D eigenvalue weighted by molar-refractivity contribution is 8.00. The molecular formula is C35H34ClN9O10S2. The standard InChI is InChI=1S/C35H33N9O10S2.ClH/c1-52-20-7-4-17(5-8-20)13-53-34(51)28-19(3-2-10-43-16-39-24(36)12-25(43)37)14-55-32-27(31(48)44(28)32)41-30(47)26(21-15-56-35(38)40-21)42-54-29(33(49)50)18-6-9-22(45)23(46)11-18;/h2-9,11-12,15-16,27,29,32H,10,13-14H2,1H3,(H9,36,37,38,40,41,42,45,46,47,49,50);1H/b3-2+;/t27-,29?,32-;/m1./s1. The first-order chi connectivity index (χ1) is 26.8. The summed E-state index contributed by atoms with van der Waals surface area (Å²) < 4.78 is 12.5. The number of aromatic hydroxyl groups is 2. The highest BCUT2D eigenvalue weighted by Crippen LogP contribution is 2.41.